The summed E-state index contributed by atoms with van der Waals surface area (Å²) >= 11 is 0. The van der Waals surface area contributed by atoms with Crippen LogP contribution in [0.5, 0.6) is 0 Å². The Kier molecular flexibility index (Phi) is 8.98. The third kappa shape index (κ3) is 6.76. The number of rotatable bonds is 8. The molecule has 5 aromatic rings. The van der Waals surface area contributed by atoms with Crippen LogP contribution in [0.2, 0.25) is 0 Å². The van der Waals surface area contributed by atoms with Crippen LogP contribution in [-0.2, 0) is 26.0 Å². The second-order valence-electron chi connectivity index (χ2n) is 11.9. The summed E-state index contributed by atoms with van der Waals surface area (Å²) in [5, 5.41) is 17.9. The second kappa shape index (κ2) is 13.0. The Morgan fingerprint density at radius 1 is 1.04 bits per heavy atom. The van der Waals surface area contributed by atoms with E-state index in [1.54, 1.807) is 37.5 Å². The normalized spacial score (nSPS) is 17.0. The first-order chi connectivity index (χ1) is 23.2. The number of sulfone groups is 1. The van der Waals surface area contributed by atoms with Crippen molar-refractivity contribution >= 4 is 38.2 Å². The predicted octanol–water partition coefficient (Wildman–Crippen LogP) is 4.78. The van der Waals surface area contributed by atoms with E-state index in [1.165, 1.54) is 29.8 Å². The van der Waals surface area contributed by atoms with Crippen LogP contribution in [0.1, 0.15) is 31.0 Å². The van der Waals surface area contributed by atoms with Crippen molar-refractivity contribution in [1.29, 1.82) is 0 Å². The number of aryl methyl sites for hydroxylation is 1. The fourth-order valence-electron chi connectivity index (χ4n) is 5.97. The first kappa shape index (κ1) is 33.7. The molecule has 1 saturated heterocycles. The lowest BCUT2D eigenvalue weighted by Crippen LogP contribution is -2.44. The first-order valence-electron chi connectivity index (χ1n) is 15.2. The summed E-state index contributed by atoms with van der Waals surface area (Å²) in [6.45, 7) is 2.53. The summed E-state index contributed by atoms with van der Waals surface area (Å²) in [6, 6.07) is 10.7. The number of aromatic nitrogens is 4. The molecule has 0 saturated carbocycles. The van der Waals surface area contributed by atoms with E-state index in [0.29, 0.717) is 22.4 Å². The summed E-state index contributed by atoms with van der Waals surface area (Å²) in [5.41, 5.74) is 1.44. The maximum Gasteiger partial charge on any atom is 0.247 e. The topological polar surface area (TPSA) is 147 Å². The number of benzene rings is 3. The van der Waals surface area contributed by atoms with Crippen molar-refractivity contribution in [2.24, 2.45) is 0 Å². The van der Waals surface area contributed by atoms with Gasteiger partial charge in [-0.3, -0.25) is 14.3 Å². The van der Waals surface area contributed by atoms with E-state index in [2.05, 4.69) is 20.4 Å². The van der Waals surface area contributed by atoms with Gasteiger partial charge >= 0.3 is 0 Å². The number of nitrogens with one attached hydrogen (secondary N) is 1. The van der Waals surface area contributed by atoms with Gasteiger partial charge in [-0.15, -0.1) is 0 Å². The number of carbonyl (C=O) groups is 2. The van der Waals surface area contributed by atoms with Crippen LogP contribution in [-0.4, -0.2) is 75.0 Å². The number of anilines is 1. The van der Waals surface area contributed by atoms with E-state index in [-0.39, 0.29) is 41.2 Å². The molecule has 15 heteroatoms. The van der Waals surface area contributed by atoms with Crippen molar-refractivity contribution in [1.82, 2.24) is 24.6 Å². The average Bonchev–Trinajstić information content (AvgIpc) is 3.62. The Hall–Kier alpha value is -5.15. The van der Waals surface area contributed by atoms with Crippen LogP contribution < -0.4 is 5.32 Å². The molecular formula is C34H31F3N6O5S. The minimum Gasteiger partial charge on any atom is -0.387 e. The summed E-state index contributed by atoms with van der Waals surface area (Å²) in [6.07, 6.45) is 1.37. The van der Waals surface area contributed by atoms with E-state index in [1.807, 2.05) is 0 Å². The molecule has 1 unspecified atom stereocenters. The molecule has 3 heterocycles. The number of halogens is 3. The van der Waals surface area contributed by atoms with Gasteiger partial charge in [-0.1, -0.05) is 18.2 Å². The maximum absolute atomic E-state index is 15.8. The zero-order chi connectivity index (χ0) is 35.2. The van der Waals surface area contributed by atoms with E-state index in [4.69, 9.17) is 0 Å². The highest BCUT2D eigenvalue weighted by atomic mass is 32.2. The molecule has 0 aliphatic carbocycles. The van der Waals surface area contributed by atoms with Crippen molar-refractivity contribution in [2.45, 2.75) is 50.0 Å². The van der Waals surface area contributed by atoms with Crippen LogP contribution in [0.3, 0.4) is 0 Å². The number of likely N-dealkylation sites (tertiary alicyclic amines) is 1. The van der Waals surface area contributed by atoms with Gasteiger partial charge in [-0.25, -0.2) is 31.6 Å². The molecule has 1 aliphatic rings. The Balaban J connectivity index is 1.26. The quantitative estimate of drug-likeness (QED) is 0.221. The van der Waals surface area contributed by atoms with Gasteiger partial charge in [0.1, 0.15) is 30.4 Å². The molecule has 1 fully saturated rings. The SMILES string of the molecule is Cc1ncc(-c2ccc3c(c2)c(C(C)O)nn3CC(=O)N2C[C@H](F)C[C@H]2C(=O)Nc2cccc(-c3cc(F)ccc3S(C)(=O)=O)c2F)cn1. The van der Waals surface area contributed by atoms with Crippen molar-refractivity contribution in [3.05, 3.63) is 90.1 Å². The Labute approximate surface area is 279 Å². The minimum atomic E-state index is -3.88. The minimum absolute atomic E-state index is 0.236. The zero-order valence-electron chi connectivity index (χ0n) is 26.6. The van der Waals surface area contributed by atoms with Gasteiger partial charge in [0.05, 0.1) is 34.4 Å². The van der Waals surface area contributed by atoms with Crippen LogP contribution >= 0.6 is 0 Å². The van der Waals surface area contributed by atoms with Crippen LogP contribution in [0.25, 0.3) is 33.2 Å². The van der Waals surface area contributed by atoms with E-state index < -0.39 is 51.6 Å². The molecule has 254 valence electrons. The van der Waals surface area contributed by atoms with Crippen molar-refractivity contribution in [3.8, 4) is 22.3 Å². The third-order valence-corrected chi connectivity index (χ3v) is 9.49. The molecule has 3 atom stereocenters. The lowest BCUT2D eigenvalue weighted by Gasteiger charge is -2.24. The zero-order valence-corrected chi connectivity index (χ0v) is 27.4. The van der Waals surface area contributed by atoms with Crippen molar-refractivity contribution in [2.75, 3.05) is 18.1 Å². The molecule has 3 aromatic carbocycles. The van der Waals surface area contributed by atoms with E-state index in [9.17, 15) is 31.9 Å². The Morgan fingerprint density at radius 3 is 2.47 bits per heavy atom. The maximum atomic E-state index is 15.8. The van der Waals surface area contributed by atoms with Gasteiger partial charge in [0.15, 0.2) is 15.7 Å². The number of amides is 2. The Bertz CT molecular complexity index is 2210. The van der Waals surface area contributed by atoms with Gasteiger partial charge in [0, 0.05) is 47.1 Å². The number of nitrogens with zero attached hydrogens (tertiary/aromatic N) is 5. The monoisotopic (exact) mass is 692 g/mol. The number of carbonyl (C=O) groups excluding carboxylic acids is 2. The summed E-state index contributed by atoms with van der Waals surface area (Å²) in [4.78, 5) is 36.3. The molecule has 1 aliphatic heterocycles. The van der Waals surface area contributed by atoms with E-state index in [0.717, 1.165) is 40.5 Å². The molecular weight excluding hydrogens is 661 g/mol. The first-order valence-corrected chi connectivity index (χ1v) is 17.1. The molecule has 0 spiro atoms. The summed E-state index contributed by atoms with van der Waals surface area (Å²) < 4.78 is 70.7. The summed E-state index contributed by atoms with van der Waals surface area (Å²) in [7, 11) is -3.88. The van der Waals surface area contributed by atoms with Gasteiger partial charge in [-0.05, 0) is 55.8 Å². The number of alkyl halides is 1. The van der Waals surface area contributed by atoms with Crippen molar-refractivity contribution in [3.63, 3.8) is 0 Å². The average molecular weight is 693 g/mol. The van der Waals surface area contributed by atoms with Crippen LogP contribution in [0.15, 0.2) is 71.9 Å². The fraction of sp³-hybridized carbons (Fsp3) is 0.265. The molecule has 2 aromatic heterocycles. The van der Waals surface area contributed by atoms with Crippen molar-refractivity contribution < 1.29 is 36.3 Å². The number of hydrogen-bond acceptors (Lipinski definition) is 8. The van der Waals surface area contributed by atoms with Crippen LogP contribution in [0, 0.1) is 18.6 Å². The number of aliphatic hydroxyl groups is 1. The smallest absolute Gasteiger partial charge is 0.247 e. The standard InChI is InChI=1S/C34H31F3N6O5S/c1-18(44)33-26-11-20(21-14-38-19(2)39-15-21)7-9-28(26)43(41-33)17-31(45)42-16-23(36)13-29(42)34(46)40-27-6-4-5-24(32(27)37)25-12-22(35)8-10-30(25)49(3,47)48/h4-12,14-15,18,23,29,44H,13,16-17H2,1-3H3,(H,40,46)/t18?,23-,29+/m1/s1. The van der Waals surface area contributed by atoms with Gasteiger partial charge < -0.3 is 15.3 Å². The molecule has 0 radical (unpaired) electrons. The van der Waals surface area contributed by atoms with E-state index >= 15 is 4.39 Å². The second-order valence-corrected chi connectivity index (χ2v) is 13.9. The van der Waals surface area contributed by atoms with Gasteiger partial charge in [0.25, 0.3) is 0 Å². The highest BCUT2D eigenvalue weighted by Crippen LogP contribution is 2.34. The Morgan fingerprint density at radius 2 is 1.78 bits per heavy atom. The molecule has 0 bridgehead atoms. The lowest BCUT2D eigenvalue weighted by atomic mass is 10.0. The molecule has 11 nitrogen and oxygen atoms in total. The van der Waals surface area contributed by atoms with Gasteiger partial charge in [-0.2, -0.15) is 5.10 Å². The third-order valence-electron chi connectivity index (χ3n) is 8.33. The fourth-order valence-corrected chi connectivity index (χ4v) is 6.85. The van der Waals surface area contributed by atoms with Gasteiger partial charge in [0.2, 0.25) is 11.8 Å². The highest BCUT2D eigenvalue weighted by molar-refractivity contribution is 7.90. The summed E-state index contributed by atoms with van der Waals surface area (Å²) in [5.74, 6) is -2.73. The van der Waals surface area contributed by atoms with Crippen LogP contribution in [0.4, 0.5) is 18.9 Å². The molecule has 6 rings (SSSR count). The molecule has 2 amide bonds. The molecule has 49 heavy (non-hydrogen) atoms. The number of aliphatic hydroxyl groups excluding tert-OH is 1. The lowest BCUT2D eigenvalue weighted by molar-refractivity contribution is -0.137. The number of hydrogen-bond donors (Lipinski definition) is 2. The molecule has 2 N–H and O–H groups in total. The largest absolute Gasteiger partial charge is 0.387 e. The predicted molar refractivity (Wildman–Crippen MR) is 175 cm³/mol. The highest BCUT2D eigenvalue weighted by Gasteiger charge is 2.40. The number of fused-ring (bicyclic) bond motifs is 1.